The van der Waals surface area contributed by atoms with Gasteiger partial charge >= 0.3 is 5.97 Å². The van der Waals surface area contributed by atoms with Crippen LogP contribution in [0.25, 0.3) is 0 Å². The van der Waals surface area contributed by atoms with Crippen molar-refractivity contribution in [2.24, 2.45) is 5.92 Å². The third kappa shape index (κ3) is 4.11. The van der Waals surface area contributed by atoms with Crippen molar-refractivity contribution in [1.82, 2.24) is 0 Å². The maximum atomic E-state index is 11.0. The molecule has 0 aliphatic rings. The quantitative estimate of drug-likeness (QED) is 0.862. The molecule has 1 aromatic carbocycles. The normalized spacial score (nSPS) is 12.5. The molecule has 0 fully saturated rings. The lowest BCUT2D eigenvalue weighted by Gasteiger charge is -2.16. The second-order valence-corrected chi connectivity index (χ2v) is 4.46. The van der Waals surface area contributed by atoms with Gasteiger partial charge in [-0.15, -0.1) is 0 Å². The first-order chi connectivity index (χ1) is 7.49. The molecular weight excluding hydrogens is 228 g/mol. The summed E-state index contributed by atoms with van der Waals surface area (Å²) < 4.78 is 5.38. The van der Waals surface area contributed by atoms with Crippen LogP contribution in [0.5, 0.6) is 5.75 Å². The molecule has 1 unspecified atom stereocenters. The van der Waals surface area contributed by atoms with E-state index < -0.39 is 12.1 Å². The van der Waals surface area contributed by atoms with Crippen LogP contribution in [0.4, 0.5) is 0 Å². The van der Waals surface area contributed by atoms with Crippen molar-refractivity contribution in [3.63, 3.8) is 0 Å². The minimum atomic E-state index is -0.941. The lowest BCUT2D eigenvalue weighted by Crippen LogP contribution is -2.28. The van der Waals surface area contributed by atoms with Gasteiger partial charge in [-0.05, 0) is 36.6 Å². The number of hydrogen-bond donors (Lipinski definition) is 1. The third-order valence-corrected chi connectivity index (χ3v) is 2.30. The Bertz CT molecular complexity index is 346. The van der Waals surface area contributed by atoms with E-state index >= 15 is 0 Å². The zero-order chi connectivity index (χ0) is 12.1. The molecule has 3 nitrogen and oxygen atoms in total. The van der Waals surface area contributed by atoms with E-state index in [1.54, 1.807) is 24.3 Å². The molecule has 16 heavy (non-hydrogen) atoms. The van der Waals surface area contributed by atoms with Crippen molar-refractivity contribution in [2.45, 2.75) is 26.4 Å². The van der Waals surface area contributed by atoms with Crippen LogP contribution in [0.2, 0.25) is 5.02 Å². The van der Waals surface area contributed by atoms with Gasteiger partial charge in [0, 0.05) is 5.02 Å². The molecule has 0 saturated heterocycles. The molecule has 0 aromatic heterocycles. The molecule has 0 aliphatic carbocycles. The number of aliphatic carboxylic acids is 1. The van der Waals surface area contributed by atoms with Crippen molar-refractivity contribution in [3.8, 4) is 5.75 Å². The summed E-state index contributed by atoms with van der Waals surface area (Å²) in [5.74, 6) is -0.144. The molecule has 1 atom stereocenters. The second-order valence-electron chi connectivity index (χ2n) is 4.03. The summed E-state index contributed by atoms with van der Waals surface area (Å²) in [6.45, 7) is 3.92. The molecule has 4 heteroatoms. The number of carboxylic acids is 1. The molecule has 88 valence electrons. The molecule has 0 radical (unpaired) electrons. The fraction of sp³-hybridized carbons (Fsp3) is 0.417. The Morgan fingerprint density at radius 2 is 1.94 bits per heavy atom. The van der Waals surface area contributed by atoms with Crippen LogP contribution in [0.15, 0.2) is 24.3 Å². The lowest BCUT2D eigenvalue weighted by molar-refractivity contribution is -0.145. The van der Waals surface area contributed by atoms with Crippen LogP contribution in [-0.2, 0) is 4.79 Å². The Balaban J connectivity index is 2.68. The SMILES string of the molecule is CC(C)CC(Oc1ccc(Cl)cc1)C(=O)O. The maximum Gasteiger partial charge on any atom is 0.344 e. The molecule has 0 bridgehead atoms. The number of ether oxygens (including phenoxy) is 1. The van der Waals surface area contributed by atoms with Gasteiger partial charge in [0.1, 0.15) is 5.75 Å². The molecular formula is C12H15ClO3. The van der Waals surface area contributed by atoms with E-state index in [-0.39, 0.29) is 5.92 Å². The number of carboxylic acid groups (broad SMARTS) is 1. The van der Waals surface area contributed by atoms with Gasteiger partial charge in [-0.3, -0.25) is 0 Å². The smallest absolute Gasteiger partial charge is 0.344 e. The standard InChI is InChI=1S/C12H15ClO3/c1-8(2)7-11(12(14)15)16-10-5-3-9(13)4-6-10/h3-6,8,11H,7H2,1-2H3,(H,14,15). The van der Waals surface area contributed by atoms with Crippen molar-refractivity contribution >= 4 is 17.6 Å². The zero-order valence-corrected chi connectivity index (χ0v) is 10.1. The van der Waals surface area contributed by atoms with Crippen molar-refractivity contribution in [2.75, 3.05) is 0 Å². The van der Waals surface area contributed by atoms with Crippen molar-refractivity contribution in [3.05, 3.63) is 29.3 Å². The summed E-state index contributed by atoms with van der Waals surface area (Å²) in [7, 11) is 0. The van der Waals surface area contributed by atoms with Crippen LogP contribution in [0.3, 0.4) is 0 Å². The highest BCUT2D eigenvalue weighted by Gasteiger charge is 2.20. The zero-order valence-electron chi connectivity index (χ0n) is 9.31. The Labute approximate surface area is 100.0 Å². The van der Waals surface area contributed by atoms with E-state index in [0.717, 1.165) is 0 Å². The van der Waals surface area contributed by atoms with Crippen LogP contribution in [-0.4, -0.2) is 17.2 Å². The monoisotopic (exact) mass is 242 g/mol. The molecule has 0 heterocycles. The van der Waals surface area contributed by atoms with E-state index in [9.17, 15) is 4.79 Å². The lowest BCUT2D eigenvalue weighted by atomic mass is 10.1. The Kier molecular flexibility index (Phi) is 4.62. The van der Waals surface area contributed by atoms with Gasteiger partial charge in [0.15, 0.2) is 6.10 Å². The van der Waals surface area contributed by atoms with Crippen LogP contribution in [0.1, 0.15) is 20.3 Å². The van der Waals surface area contributed by atoms with E-state index in [2.05, 4.69) is 0 Å². The predicted molar refractivity (Wildman–Crippen MR) is 63.0 cm³/mol. The van der Waals surface area contributed by atoms with Gasteiger partial charge in [-0.25, -0.2) is 4.79 Å². The van der Waals surface area contributed by atoms with E-state index in [1.165, 1.54) is 0 Å². The first kappa shape index (κ1) is 12.8. The van der Waals surface area contributed by atoms with Gasteiger partial charge in [0.25, 0.3) is 0 Å². The van der Waals surface area contributed by atoms with E-state index in [0.29, 0.717) is 17.2 Å². The maximum absolute atomic E-state index is 11.0. The molecule has 0 amide bonds. The number of hydrogen-bond acceptors (Lipinski definition) is 2. The average molecular weight is 243 g/mol. The molecule has 0 spiro atoms. The Hall–Kier alpha value is -1.22. The van der Waals surface area contributed by atoms with Crippen molar-refractivity contribution in [1.29, 1.82) is 0 Å². The summed E-state index contributed by atoms with van der Waals surface area (Å²) in [6.07, 6.45) is -0.320. The van der Waals surface area contributed by atoms with Crippen molar-refractivity contribution < 1.29 is 14.6 Å². The number of carbonyl (C=O) groups is 1. The molecule has 0 saturated carbocycles. The summed E-state index contributed by atoms with van der Waals surface area (Å²) in [4.78, 5) is 11.0. The highest BCUT2D eigenvalue weighted by Crippen LogP contribution is 2.19. The van der Waals surface area contributed by atoms with Crippen LogP contribution >= 0.6 is 11.6 Å². The summed E-state index contributed by atoms with van der Waals surface area (Å²) >= 11 is 5.72. The van der Waals surface area contributed by atoms with Gasteiger partial charge in [-0.1, -0.05) is 25.4 Å². The van der Waals surface area contributed by atoms with Crippen LogP contribution in [0, 0.1) is 5.92 Å². The molecule has 0 aliphatic heterocycles. The van der Waals surface area contributed by atoms with Gasteiger partial charge in [0.2, 0.25) is 0 Å². The number of rotatable bonds is 5. The fourth-order valence-electron chi connectivity index (χ4n) is 1.30. The minimum Gasteiger partial charge on any atom is -0.479 e. The first-order valence-corrected chi connectivity index (χ1v) is 5.52. The third-order valence-electron chi connectivity index (χ3n) is 2.05. The second kappa shape index (κ2) is 5.75. The number of benzene rings is 1. The highest BCUT2D eigenvalue weighted by atomic mass is 35.5. The van der Waals surface area contributed by atoms with E-state index in [4.69, 9.17) is 21.4 Å². The minimum absolute atomic E-state index is 0.272. The van der Waals surface area contributed by atoms with E-state index in [1.807, 2.05) is 13.8 Å². The summed E-state index contributed by atoms with van der Waals surface area (Å²) in [5, 5.41) is 9.59. The van der Waals surface area contributed by atoms with Gasteiger partial charge in [0.05, 0.1) is 0 Å². The average Bonchev–Trinajstić information content (AvgIpc) is 2.19. The highest BCUT2D eigenvalue weighted by molar-refractivity contribution is 6.30. The molecule has 1 rings (SSSR count). The topological polar surface area (TPSA) is 46.5 Å². The Morgan fingerprint density at radius 1 is 1.38 bits per heavy atom. The first-order valence-electron chi connectivity index (χ1n) is 5.14. The summed E-state index contributed by atoms with van der Waals surface area (Å²) in [6, 6.07) is 6.67. The van der Waals surface area contributed by atoms with Gasteiger partial charge < -0.3 is 9.84 Å². The fourth-order valence-corrected chi connectivity index (χ4v) is 1.43. The van der Waals surface area contributed by atoms with Gasteiger partial charge in [-0.2, -0.15) is 0 Å². The number of halogens is 1. The Morgan fingerprint density at radius 3 is 2.38 bits per heavy atom. The van der Waals surface area contributed by atoms with Crippen LogP contribution < -0.4 is 4.74 Å². The summed E-state index contributed by atoms with van der Waals surface area (Å²) in [5.41, 5.74) is 0. The molecule has 1 N–H and O–H groups in total. The molecule has 1 aromatic rings. The largest absolute Gasteiger partial charge is 0.479 e. The predicted octanol–water partition coefficient (Wildman–Crippen LogP) is 3.22.